The van der Waals surface area contributed by atoms with Crippen molar-refractivity contribution in [3.8, 4) is 0 Å². The summed E-state index contributed by atoms with van der Waals surface area (Å²) in [4.78, 5) is 13.6. The average Bonchev–Trinajstić information content (AvgIpc) is 2.53. The molecule has 2 rings (SSSR count). The summed E-state index contributed by atoms with van der Waals surface area (Å²) in [6.07, 6.45) is 0. The van der Waals surface area contributed by atoms with Gasteiger partial charge in [-0.2, -0.15) is 0 Å². The highest BCUT2D eigenvalue weighted by Gasteiger charge is 2.14. The van der Waals surface area contributed by atoms with Crippen LogP contribution in [0.3, 0.4) is 0 Å². The summed E-state index contributed by atoms with van der Waals surface area (Å²) in [5.41, 5.74) is 6.87. The van der Waals surface area contributed by atoms with Crippen molar-refractivity contribution in [3.05, 3.63) is 65.5 Å². The number of hydrogen-bond donors (Lipinski definition) is 2. The van der Waals surface area contributed by atoms with E-state index in [1.54, 1.807) is 37.4 Å². The van der Waals surface area contributed by atoms with Crippen LogP contribution in [0.15, 0.2) is 53.7 Å². The number of amidine groups is 1. The molecule has 6 heteroatoms. The average molecular weight is 287 g/mol. The van der Waals surface area contributed by atoms with Crippen molar-refractivity contribution in [2.45, 2.75) is 0 Å². The fraction of sp³-hybridized carbons (Fsp3) is 0.0667. The van der Waals surface area contributed by atoms with E-state index in [0.29, 0.717) is 11.3 Å². The van der Waals surface area contributed by atoms with E-state index in [1.807, 2.05) is 0 Å². The second-order valence-electron chi connectivity index (χ2n) is 4.41. The van der Waals surface area contributed by atoms with Gasteiger partial charge in [0.15, 0.2) is 5.84 Å². The number of hydrogen-bond acceptors (Lipinski definition) is 3. The summed E-state index contributed by atoms with van der Waals surface area (Å²) in [5, 5.41) is 11.5. The van der Waals surface area contributed by atoms with Crippen molar-refractivity contribution in [3.63, 3.8) is 0 Å². The number of halogens is 1. The monoisotopic (exact) mass is 287 g/mol. The molecule has 108 valence electrons. The van der Waals surface area contributed by atoms with Gasteiger partial charge in [0, 0.05) is 23.9 Å². The fourth-order valence-corrected chi connectivity index (χ4v) is 1.85. The molecule has 0 unspecified atom stereocenters. The Kier molecular flexibility index (Phi) is 4.18. The molecule has 5 nitrogen and oxygen atoms in total. The number of rotatable bonds is 3. The second-order valence-corrected chi connectivity index (χ2v) is 4.41. The number of carbonyl (C=O) groups is 1. The molecule has 0 saturated carbocycles. The zero-order valence-electron chi connectivity index (χ0n) is 11.3. The molecule has 0 spiro atoms. The van der Waals surface area contributed by atoms with Crippen molar-refractivity contribution in [1.82, 2.24) is 0 Å². The van der Waals surface area contributed by atoms with Crippen LogP contribution in [-0.4, -0.2) is 24.0 Å². The number of anilines is 1. The molecule has 2 aromatic rings. The quantitative estimate of drug-likeness (QED) is 0.393. The maximum Gasteiger partial charge on any atom is 0.258 e. The first kappa shape index (κ1) is 14.5. The van der Waals surface area contributed by atoms with Crippen LogP contribution in [0.5, 0.6) is 0 Å². The van der Waals surface area contributed by atoms with E-state index in [-0.39, 0.29) is 17.3 Å². The zero-order chi connectivity index (χ0) is 15.4. The predicted octanol–water partition coefficient (Wildman–Crippen LogP) is 2.20. The van der Waals surface area contributed by atoms with Gasteiger partial charge in [0.2, 0.25) is 0 Å². The molecule has 0 bridgehead atoms. The largest absolute Gasteiger partial charge is 0.409 e. The first-order valence-electron chi connectivity index (χ1n) is 6.14. The van der Waals surface area contributed by atoms with E-state index in [4.69, 9.17) is 10.9 Å². The molecule has 0 aliphatic heterocycles. The van der Waals surface area contributed by atoms with Gasteiger partial charge in [0.1, 0.15) is 5.82 Å². The lowest BCUT2D eigenvalue weighted by Gasteiger charge is -2.17. The first-order chi connectivity index (χ1) is 10.0. The molecule has 0 radical (unpaired) electrons. The van der Waals surface area contributed by atoms with Gasteiger partial charge < -0.3 is 15.8 Å². The SMILES string of the molecule is CN(C(=O)c1cccc(F)c1)c1ccc(C(N)=NO)cc1. The van der Waals surface area contributed by atoms with E-state index < -0.39 is 5.82 Å². The van der Waals surface area contributed by atoms with Crippen LogP contribution in [0.1, 0.15) is 15.9 Å². The summed E-state index contributed by atoms with van der Waals surface area (Å²) in [6.45, 7) is 0. The number of nitrogens with two attached hydrogens (primary N) is 1. The van der Waals surface area contributed by atoms with Crippen molar-refractivity contribution in [2.75, 3.05) is 11.9 Å². The van der Waals surface area contributed by atoms with Crippen LogP contribution in [0.4, 0.5) is 10.1 Å². The second kappa shape index (κ2) is 6.04. The van der Waals surface area contributed by atoms with E-state index in [0.717, 1.165) is 0 Å². The minimum atomic E-state index is -0.462. The summed E-state index contributed by atoms with van der Waals surface area (Å²) in [5.74, 6) is -0.803. The Balaban J connectivity index is 2.23. The molecule has 1 amide bonds. The van der Waals surface area contributed by atoms with Gasteiger partial charge in [-0.15, -0.1) is 0 Å². The molecular formula is C15H14FN3O2. The Morgan fingerprint density at radius 3 is 2.43 bits per heavy atom. The summed E-state index contributed by atoms with van der Waals surface area (Å²) < 4.78 is 13.2. The van der Waals surface area contributed by atoms with Crippen LogP contribution in [0.2, 0.25) is 0 Å². The van der Waals surface area contributed by atoms with Crippen LogP contribution >= 0.6 is 0 Å². The Morgan fingerprint density at radius 2 is 1.86 bits per heavy atom. The lowest BCUT2D eigenvalue weighted by molar-refractivity contribution is 0.0992. The predicted molar refractivity (Wildman–Crippen MR) is 78.1 cm³/mol. The molecule has 0 atom stereocenters. The van der Waals surface area contributed by atoms with Gasteiger partial charge >= 0.3 is 0 Å². The molecule has 0 heterocycles. The molecule has 21 heavy (non-hydrogen) atoms. The highest BCUT2D eigenvalue weighted by Crippen LogP contribution is 2.17. The zero-order valence-corrected chi connectivity index (χ0v) is 11.3. The van der Waals surface area contributed by atoms with E-state index in [2.05, 4.69) is 5.16 Å². The van der Waals surface area contributed by atoms with Gasteiger partial charge in [0.05, 0.1) is 0 Å². The third-order valence-corrected chi connectivity index (χ3v) is 3.03. The maximum absolute atomic E-state index is 13.2. The van der Waals surface area contributed by atoms with E-state index in [1.165, 1.54) is 23.1 Å². The van der Waals surface area contributed by atoms with Gasteiger partial charge in [-0.25, -0.2) is 4.39 Å². The Bertz CT molecular complexity index is 684. The summed E-state index contributed by atoms with van der Waals surface area (Å²) >= 11 is 0. The number of amides is 1. The van der Waals surface area contributed by atoms with E-state index >= 15 is 0 Å². The topological polar surface area (TPSA) is 78.9 Å². The Morgan fingerprint density at radius 1 is 1.19 bits per heavy atom. The molecule has 0 aliphatic carbocycles. The van der Waals surface area contributed by atoms with Crippen LogP contribution in [0, 0.1) is 5.82 Å². The van der Waals surface area contributed by atoms with Crippen molar-refractivity contribution >= 4 is 17.4 Å². The standard InChI is InChI=1S/C15H14FN3O2/c1-19(15(20)11-3-2-4-12(16)9-11)13-7-5-10(6-8-13)14(17)18-21/h2-9,21H,1H3,(H2,17,18). The lowest BCUT2D eigenvalue weighted by atomic mass is 10.1. The third kappa shape index (κ3) is 3.17. The third-order valence-electron chi connectivity index (χ3n) is 3.03. The fourth-order valence-electron chi connectivity index (χ4n) is 1.85. The number of carbonyl (C=O) groups excluding carboxylic acids is 1. The molecule has 0 fully saturated rings. The van der Waals surface area contributed by atoms with Gasteiger partial charge in [-0.05, 0) is 42.5 Å². The minimum Gasteiger partial charge on any atom is -0.409 e. The van der Waals surface area contributed by atoms with Gasteiger partial charge in [-0.3, -0.25) is 4.79 Å². The molecule has 3 N–H and O–H groups in total. The van der Waals surface area contributed by atoms with E-state index in [9.17, 15) is 9.18 Å². The molecule has 0 saturated heterocycles. The van der Waals surface area contributed by atoms with Gasteiger partial charge in [-0.1, -0.05) is 11.2 Å². The van der Waals surface area contributed by atoms with Crippen molar-refractivity contribution < 1.29 is 14.4 Å². The Labute approximate surface area is 121 Å². The molecular weight excluding hydrogens is 273 g/mol. The lowest BCUT2D eigenvalue weighted by Crippen LogP contribution is -2.26. The molecule has 2 aromatic carbocycles. The van der Waals surface area contributed by atoms with Crippen molar-refractivity contribution in [2.24, 2.45) is 10.9 Å². The number of oxime groups is 1. The molecule has 0 aromatic heterocycles. The van der Waals surface area contributed by atoms with Crippen LogP contribution in [0.25, 0.3) is 0 Å². The highest BCUT2D eigenvalue weighted by molar-refractivity contribution is 6.06. The first-order valence-corrected chi connectivity index (χ1v) is 6.14. The summed E-state index contributed by atoms with van der Waals surface area (Å²) in [6, 6.07) is 12.1. The number of benzene rings is 2. The normalized spacial score (nSPS) is 11.2. The molecule has 0 aliphatic rings. The van der Waals surface area contributed by atoms with Crippen LogP contribution in [-0.2, 0) is 0 Å². The number of nitrogens with zero attached hydrogens (tertiary/aromatic N) is 2. The maximum atomic E-state index is 13.2. The highest BCUT2D eigenvalue weighted by atomic mass is 19.1. The van der Waals surface area contributed by atoms with Crippen molar-refractivity contribution in [1.29, 1.82) is 0 Å². The Hall–Kier alpha value is -2.89. The summed E-state index contributed by atoms with van der Waals surface area (Å²) in [7, 11) is 1.59. The van der Waals surface area contributed by atoms with Gasteiger partial charge in [0.25, 0.3) is 5.91 Å². The van der Waals surface area contributed by atoms with Crippen LogP contribution < -0.4 is 10.6 Å². The minimum absolute atomic E-state index is 0.0133. The smallest absolute Gasteiger partial charge is 0.258 e.